The monoisotopic (exact) mass is 250 g/mol. The molecule has 0 saturated carbocycles. The Balaban J connectivity index is 2.05. The van der Waals surface area contributed by atoms with E-state index in [9.17, 15) is 4.79 Å². The lowest BCUT2D eigenvalue weighted by Gasteiger charge is -2.03. The van der Waals surface area contributed by atoms with Crippen LogP contribution in [0.3, 0.4) is 0 Å². The van der Waals surface area contributed by atoms with Gasteiger partial charge in [0.2, 0.25) is 0 Å². The average Bonchev–Trinajstić information content (AvgIpc) is 2.40. The lowest BCUT2D eigenvalue weighted by Crippen LogP contribution is -2.07. The first-order valence-corrected chi connectivity index (χ1v) is 6.30. The van der Waals surface area contributed by atoms with E-state index in [2.05, 4.69) is 6.07 Å². The van der Waals surface area contributed by atoms with E-state index in [0.29, 0.717) is 17.6 Å². The summed E-state index contributed by atoms with van der Waals surface area (Å²) in [5, 5.41) is 0.963. The summed E-state index contributed by atoms with van der Waals surface area (Å²) in [5.74, 6) is 0. The van der Waals surface area contributed by atoms with Gasteiger partial charge in [-0.2, -0.15) is 0 Å². The first kappa shape index (κ1) is 11.7. The van der Waals surface area contributed by atoms with Crippen molar-refractivity contribution >= 4 is 11.0 Å². The Morgan fingerprint density at radius 3 is 2.68 bits per heavy atom. The number of benzene rings is 2. The highest BCUT2D eigenvalue weighted by molar-refractivity contribution is 5.76. The number of hydrogen-bond donors (Lipinski definition) is 0. The molecule has 0 aliphatic rings. The van der Waals surface area contributed by atoms with Crippen molar-refractivity contribution in [3.8, 4) is 0 Å². The Morgan fingerprint density at radius 1 is 1.00 bits per heavy atom. The van der Waals surface area contributed by atoms with Crippen molar-refractivity contribution in [2.75, 3.05) is 0 Å². The van der Waals surface area contributed by atoms with Gasteiger partial charge in [-0.1, -0.05) is 48.0 Å². The molecule has 0 atom stereocenters. The molecule has 0 radical (unpaired) electrons. The van der Waals surface area contributed by atoms with Crippen LogP contribution in [0.2, 0.25) is 0 Å². The number of rotatable bonds is 2. The third-order valence-electron chi connectivity index (χ3n) is 3.19. The molecule has 0 saturated heterocycles. The normalized spacial score (nSPS) is 10.8. The highest BCUT2D eigenvalue weighted by atomic mass is 16.4. The SMILES string of the molecule is Cc1cccc(Cc2cc3ccccc3oc2=O)c1. The van der Waals surface area contributed by atoms with Crippen molar-refractivity contribution in [1.29, 1.82) is 0 Å². The largest absolute Gasteiger partial charge is 0.423 e. The van der Waals surface area contributed by atoms with Gasteiger partial charge in [0.05, 0.1) is 0 Å². The second-order valence-electron chi connectivity index (χ2n) is 4.76. The van der Waals surface area contributed by atoms with Gasteiger partial charge in [-0.05, 0) is 24.6 Å². The minimum absolute atomic E-state index is 0.250. The quantitative estimate of drug-likeness (QED) is 0.649. The van der Waals surface area contributed by atoms with E-state index >= 15 is 0 Å². The summed E-state index contributed by atoms with van der Waals surface area (Å²) in [4.78, 5) is 12.0. The zero-order valence-electron chi connectivity index (χ0n) is 10.7. The Hall–Kier alpha value is -2.35. The van der Waals surface area contributed by atoms with Crippen molar-refractivity contribution in [3.63, 3.8) is 0 Å². The maximum Gasteiger partial charge on any atom is 0.339 e. The molecule has 2 nitrogen and oxygen atoms in total. The zero-order chi connectivity index (χ0) is 13.2. The van der Waals surface area contributed by atoms with Crippen LogP contribution in [0.4, 0.5) is 0 Å². The van der Waals surface area contributed by atoms with Crippen molar-refractivity contribution in [3.05, 3.63) is 81.7 Å². The summed E-state index contributed by atoms with van der Waals surface area (Å²) in [6.45, 7) is 2.05. The van der Waals surface area contributed by atoms with E-state index in [4.69, 9.17) is 4.42 Å². The molecule has 0 fully saturated rings. The van der Waals surface area contributed by atoms with Gasteiger partial charge in [-0.3, -0.25) is 0 Å². The zero-order valence-corrected chi connectivity index (χ0v) is 10.7. The fourth-order valence-corrected chi connectivity index (χ4v) is 2.27. The van der Waals surface area contributed by atoms with Crippen LogP contribution in [0.5, 0.6) is 0 Å². The fraction of sp³-hybridized carbons (Fsp3) is 0.118. The molecule has 19 heavy (non-hydrogen) atoms. The molecular formula is C17H14O2. The highest BCUT2D eigenvalue weighted by Gasteiger charge is 2.06. The summed E-state index contributed by atoms with van der Waals surface area (Å²) in [5.41, 5.74) is 3.41. The number of fused-ring (bicyclic) bond motifs is 1. The fourth-order valence-electron chi connectivity index (χ4n) is 2.27. The molecule has 0 aliphatic heterocycles. The van der Waals surface area contributed by atoms with Crippen molar-refractivity contribution in [1.82, 2.24) is 0 Å². The molecule has 2 aromatic carbocycles. The van der Waals surface area contributed by atoms with Crippen LogP contribution in [-0.2, 0) is 6.42 Å². The van der Waals surface area contributed by atoms with E-state index < -0.39 is 0 Å². The van der Waals surface area contributed by atoms with Gasteiger partial charge in [-0.15, -0.1) is 0 Å². The maximum atomic E-state index is 12.0. The molecule has 94 valence electrons. The Kier molecular flexibility index (Phi) is 2.92. The van der Waals surface area contributed by atoms with Crippen molar-refractivity contribution in [2.24, 2.45) is 0 Å². The first-order chi connectivity index (χ1) is 9.22. The van der Waals surface area contributed by atoms with Crippen LogP contribution in [0.25, 0.3) is 11.0 Å². The topological polar surface area (TPSA) is 30.2 Å². The van der Waals surface area contributed by atoms with Crippen LogP contribution in [0.1, 0.15) is 16.7 Å². The molecule has 0 spiro atoms. The van der Waals surface area contributed by atoms with Crippen LogP contribution in [-0.4, -0.2) is 0 Å². The Labute approximate surface area is 111 Å². The van der Waals surface area contributed by atoms with Crippen molar-refractivity contribution < 1.29 is 4.42 Å². The van der Waals surface area contributed by atoms with Crippen LogP contribution in [0, 0.1) is 6.92 Å². The van der Waals surface area contributed by atoms with Gasteiger partial charge in [0.1, 0.15) is 5.58 Å². The molecule has 3 rings (SSSR count). The lowest BCUT2D eigenvalue weighted by atomic mass is 10.0. The second-order valence-corrected chi connectivity index (χ2v) is 4.76. The predicted molar refractivity (Wildman–Crippen MR) is 76.5 cm³/mol. The Morgan fingerprint density at radius 2 is 1.84 bits per heavy atom. The Bertz CT molecular complexity index is 784. The molecule has 2 heteroatoms. The minimum Gasteiger partial charge on any atom is -0.423 e. The van der Waals surface area contributed by atoms with E-state index in [1.807, 2.05) is 55.5 Å². The van der Waals surface area contributed by atoms with Gasteiger partial charge in [-0.25, -0.2) is 4.79 Å². The molecule has 0 N–H and O–H groups in total. The maximum absolute atomic E-state index is 12.0. The lowest BCUT2D eigenvalue weighted by molar-refractivity contribution is 0.552. The average molecular weight is 250 g/mol. The van der Waals surface area contributed by atoms with E-state index in [-0.39, 0.29) is 5.63 Å². The first-order valence-electron chi connectivity index (χ1n) is 6.30. The summed E-state index contributed by atoms with van der Waals surface area (Å²) >= 11 is 0. The van der Waals surface area contributed by atoms with Gasteiger partial charge in [0.15, 0.2) is 0 Å². The van der Waals surface area contributed by atoms with E-state index in [1.54, 1.807) is 0 Å². The number of aryl methyl sites for hydroxylation is 1. The van der Waals surface area contributed by atoms with Crippen LogP contribution in [0.15, 0.2) is 63.8 Å². The predicted octanol–water partition coefficient (Wildman–Crippen LogP) is 3.69. The van der Waals surface area contributed by atoms with Gasteiger partial charge >= 0.3 is 5.63 Å². The third kappa shape index (κ3) is 2.43. The molecule has 1 aromatic heterocycles. The third-order valence-corrected chi connectivity index (χ3v) is 3.19. The molecular weight excluding hydrogens is 236 g/mol. The second kappa shape index (κ2) is 4.73. The van der Waals surface area contributed by atoms with Gasteiger partial charge in [0, 0.05) is 17.4 Å². The van der Waals surface area contributed by atoms with Gasteiger partial charge in [0.25, 0.3) is 0 Å². The molecule has 0 bridgehead atoms. The molecule has 3 aromatic rings. The molecule has 0 aliphatic carbocycles. The smallest absolute Gasteiger partial charge is 0.339 e. The summed E-state index contributed by atoms with van der Waals surface area (Å²) in [7, 11) is 0. The minimum atomic E-state index is -0.250. The van der Waals surface area contributed by atoms with Crippen molar-refractivity contribution in [2.45, 2.75) is 13.3 Å². The molecule has 1 heterocycles. The standard InChI is InChI=1S/C17H14O2/c1-12-5-4-6-13(9-12)10-15-11-14-7-2-3-8-16(14)19-17(15)18/h2-9,11H,10H2,1H3. The van der Waals surface area contributed by atoms with Crippen LogP contribution < -0.4 is 5.63 Å². The van der Waals surface area contributed by atoms with Crippen LogP contribution >= 0.6 is 0 Å². The van der Waals surface area contributed by atoms with E-state index in [0.717, 1.165) is 10.9 Å². The highest BCUT2D eigenvalue weighted by Crippen LogP contribution is 2.15. The van der Waals surface area contributed by atoms with Gasteiger partial charge < -0.3 is 4.42 Å². The molecule has 0 amide bonds. The summed E-state index contributed by atoms with van der Waals surface area (Å²) < 4.78 is 5.34. The number of hydrogen-bond acceptors (Lipinski definition) is 2. The summed E-state index contributed by atoms with van der Waals surface area (Å²) in [6.07, 6.45) is 0.606. The number of para-hydroxylation sites is 1. The molecule has 0 unspecified atom stereocenters. The van der Waals surface area contributed by atoms with E-state index in [1.165, 1.54) is 5.56 Å². The summed E-state index contributed by atoms with van der Waals surface area (Å²) in [6, 6.07) is 17.7.